The van der Waals surface area contributed by atoms with Crippen molar-refractivity contribution in [1.29, 1.82) is 0 Å². The predicted octanol–water partition coefficient (Wildman–Crippen LogP) is 3.33. The summed E-state index contributed by atoms with van der Waals surface area (Å²) in [5.41, 5.74) is 3.14. The summed E-state index contributed by atoms with van der Waals surface area (Å²) in [6, 6.07) is 0. The highest BCUT2D eigenvalue weighted by Crippen LogP contribution is 2.22. The second-order valence-corrected chi connectivity index (χ2v) is 3.20. The molecule has 0 bridgehead atoms. The molecule has 1 aliphatic heterocycles. The van der Waals surface area contributed by atoms with Gasteiger partial charge in [-0.1, -0.05) is 34.6 Å². The zero-order chi connectivity index (χ0) is 9.56. The van der Waals surface area contributed by atoms with Gasteiger partial charge in [-0.05, 0) is 24.3 Å². The van der Waals surface area contributed by atoms with Crippen LogP contribution in [0, 0.1) is 5.92 Å². The van der Waals surface area contributed by atoms with E-state index in [4.69, 9.17) is 0 Å². The number of hydrogen-bond acceptors (Lipinski definition) is 1. The molecule has 0 saturated heterocycles. The quantitative estimate of drug-likeness (QED) is 0.668. The van der Waals surface area contributed by atoms with Crippen LogP contribution in [0.5, 0.6) is 0 Å². The van der Waals surface area contributed by atoms with Crippen LogP contribution in [0.1, 0.15) is 47.5 Å². The van der Waals surface area contributed by atoms with Gasteiger partial charge in [0.2, 0.25) is 0 Å². The molecule has 1 N–H and O–H groups in total. The summed E-state index contributed by atoms with van der Waals surface area (Å²) in [4.78, 5) is 0. The van der Waals surface area contributed by atoms with Gasteiger partial charge in [0, 0.05) is 12.2 Å². The van der Waals surface area contributed by atoms with Gasteiger partial charge in [-0.3, -0.25) is 0 Å². The van der Waals surface area contributed by atoms with E-state index >= 15 is 0 Å². The van der Waals surface area contributed by atoms with Crippen molar-refractivity contribution < 1.29 is 0 Å². The Morgan fingerprint density at radius 2 is 1.92 bits per heavy atom. The molecule has 0 atom stereocenters. The summed E-state index contributed by atoms with van der Waals surface area (Å²) in [5, 5.41) is 3.44. The van der Waals surface area contributed by atoms with E-state index < -0.39 is 0 Å². The third-order valence-corrected chi connectivity index (χ3v) is 2.13. The Hall–Kier alpha value is -0.460. The Balaban J connectivity index is 0.000000561. The van der Waals surface area contributed by atoms with E-state index in [0.717, 1.165) is 6.54 Å². The minimum atomic E-state index is 0.692. The number of nitrogens with one attached hydrogen (secondary N) is 1. The molecule has 1 heteroatoms. The zero-order valence-corrected chi connectivity index (χ0v) is 9.20. The van der Waals surface area contributed by atoms with Crippen molar-refractivity contribution in [3.63, 3.8) is 0 Å². The van der Waals surface area contributed by atoms with E-state index in [1.807, 2.05) is 13.8 Å². The highest BCUT2D eigenvalue weighted by Gasteiger charge is 2.13. The van der Waals surface area contributed by atoms with Crippen molar-refractivity contribution in [2.75, 3.05) is 6.54 Å². The molecule has 12 heavy (non-hydrogen) atoms. The Bertz CT molecular complexity index is 145. The van der Waals surface area contributed by atoms with E-state index in [1.54, 1.807) is 5.57 Å². The molecule has 0 radical (unpaired) electrons. The molecular formula is C11H23N. The molecule has 0 amide bonds. The van der Waals surface area contributed by atoms with Gasteiger partial charge in [0.1, 0.15) is 0 Å². The SMILES string of the molecule is CC.CCC1=C(C(C)C)NCC1. The molecule has 1 rings (SSSR count). The first-order valence-electron chi connectivity index (χ1n) is 5.21. The topological polar surface area (TPSA) is 12.0 Å². The van der Waals surface area contributed by atoms with Crippen molar-refractivity contribution >= 4 is 0 Å². The van der Waals surface area contributed by atoms with Crippen molar-refractivity contribution in [1.82, 2.24) is 5.32 Å². The van der Waals surface area contributed by atoms with Crippen LogP contribution in [0.2, 0.25) is 0 Å². The maximum absolute atomic E-state index is 3.44. The average molecular weight is 169 g/mol. The summed E-state index contributed by atoms with van der Waals surface area (Å²) >= 11 is 0. The zero-order valence-electron chi connectivity index (χ0n) is 9.20. The molecule has 0 fully saturated rings. The first-order valence-corrected chi connectivity index (χ1v) is 5.21. The van der Waals surface area contributed by atoms with Gasteiger partial charge in [-0.2, -0.15) is 0 Å². The fraction of sp³-hybridized carbons (Fsp3) is 0.818. The van der Waals surface area contributed by atoms with Crippen LogP contribution in [0.4, 0.5) is 0 Å². The molecule has 0 aliphatic carbocycles. The maximum atomic E-state index is 3.44. The number of hydrogen-bond donors (Lipinski definition) is 1. The monoisotopic (exact) mass is 169 g/mol. The molecule has 72 valence electrons. The van der Waals surface area contributed by atoms with E-state index in [1.165, 1.54) is 18.5 Å². The smallest absolute Gasteiger partial charge is 0.0182 e. The Morgan fingerprint density at radius 1 is 1.33 bits per heavy atom. The Labute approximate surface area is 77.2 Å². The molecule has 1 aliphatic rings. The lowest BCUT2D eigenvalue weighted by Gasteiger charge is -2.09. The highest BCUT2D eigenvalue weighted by atomic mass is 14.9. The molecule has 0 unspecified atom stereocenters. The van der Waals surface area contributed by atoms with Crippen LogP contribution in [0.15, 0.2) is 11.3 Å². The molecule has 1 nitrogen and oxygen atoms in total. The largest absolute Gasteiger partial charge is 0.388 e. The Kier molecular flexibility index (Phi) is 5.87. The molecule has 1 heterocycles. The fourth-order valence-corrected chi connectivity index (χ4v) is 1.59. The van der Waals surface area contributed by atoms with E-state index in [0.29, 0.717) is 5.92 Å². The molecule has 0 aromatic carbocycles. The van der Waals surface area contributed by atoms with Crippen molar-refractivity contribution in [2.24, 2.45) is 5.92 Å². The Morgan fingerprint density at radius 3 is 2.25 bits per heavy atom. The van der Waals surface area contributed by atoms with Gasteiger partial charge in [-0.25, -0.2) is 0 Å². The van der Waals surface area contributed by atoms with Crippen LogP contribution in [-0.2, 0) is 0 Å². The molecule has 0 aromatic heterocycles. The lowest BCUT2D eigenvalue weighted by molar-refractivity contribution is 0.688. The average Bonchev–Trinajstić information content (AvgIpc) is 2.55. The summed E-state index contributed by atoms with van der Waals surface area (Å²) in [6.07, 6.45) is 2.49. The molecule has 0 saturated carbocycles. The van der Waals surface area contributed by atoms with Crippen LogP contribution >= 0.6 is 0 Å². The van der Waals surface area contributed by atoms with E-state index in [-0.39, 0.29) is 0 Å². The van der Waals surface area contributed by atoms with Gasteiger partial charge in [0.15, 0.2) is 0 Å². The lowest BCUT2D eigenvalue weighted by atomic mass is 10.0. The first kappa shape index (κ1) is 11.5. The van der Waals surface area contributed by atoms with Gasteiger partial charge in [0.25, 0.3) is 0 Å². The normalized spacial score (nSPS) is 15.8. The summed E-state index contributed by atoms with van der Waals surface area (Å²) < 4.78 is 0. The van der Waals surface area contributed by atoms with Crippen LogP contribution in [0.3, 0.4) is 0 Å². The van der Waals surface area contributed by atoms with Gasteiger partial charge < -0.3 is 5.32 Å². The maximum Gasteiger partial charge on any atom is 0.0182 e. The van der Waals surface area contributed by atoms with Crippen molar-refractivity contribution in [3.8, 4) is 0 Å². The molecule has 0 spiro atoms. The first-order chi connectivity index (χ1) is 5.75. The fourth-order valence-electron chi connectivity index (χ4n) is 1.59. The van der Waals surface area contributed by atoms with Crippen LogP contribution < -0.4 is 5.32 Å². The lowest BCUT2D eigenvalue weighted by Crippen LogP contribution is -2.12. The summed E-state index contributed by atoms with van der Waals surface area (Å²) in [5.74, 6) is 0.692. The minimum absolute atomic E-state index is 0.692. The van der Waals surface area contributed by atoms with Crippen LogP contribution in [-0.4, -0.2) is 6.54 Å². The number of rotatable bonds is 2. The highest BCUT2D eigenvalue weighted by molar-refractivity contribution is 5.19. The van der Waals surface area contributed by atoms with Gasteiger partial charge >= 0.3 is 0 Å². The third kappa shape index (κ3) is 2.88. The number of allylic oxidation sites excluding steroid dienone is 1. The van der Waals surface area contributed by atoms with Crippen LogP contribution in [0.25, 0.3) is 0 Å². The van der Waals surface area contributed by atoms with Gasteiger partial charge in [-0.15, -0.1) is 0 Å². The van der Waals surface area contributed by atoms with Gasteiger partial charge in [0.05, 0.1) is 0 Å². The molecular weight excluding hydrogens is 146 g/mol. The minimum Gasteiger partial charge on any atom is -0.388 e. The van der Waals surface area contributed by atoms with E-state index in [2.05, 4.69) is 26.1 Å². The summed E-state index contributed by atoms with van der Waals surface area (Å²) in [6.45, 7) is 11.9. The third-order valence-electron chi connectivity index (χ3n) is 2.13. The standard InChI is InChI=1S/C9H17N.C2H6/c1-4-8-5-6-10-9(8)7(2)3;1-2/h7,10H,4-6H2,1-3H3;1-2H3. The second kappa shape index (κ2) is 6.10. The molecule has 0 aromatic rings. The van der Waals surface area contributed by atoms with E-state index in [9.17, 15) is 0 Å². The van der Waals surface area contributed by atoms with Crippen molar-refractivity contribution in [3.05, 3.63) is 11.3 Å². The predicted molar refractivity (Wildman–Crippen MR) is 56.1 cm³/mol. The second-order valence-electron chi connectivity index (χ2n) is 3.20. The summed E-state index contributed by atoms with van der Waals surface area (Å²) in [7, 11) is 0. The van der Waals surface area contributed by atoms with Crippen molar-refractivity contribution in [2.45, 2.75) is 47.5 Å².